The fraction of sp³-hybridized carbons (Fsp3) is 0.667. The maximum absolute atomic E-state index is 5.84. The third-order valence-corrected chi connectivity index (χ3v) is 2.97. The first-order valence-electron chi connectivity index (χ1n) is 7.02. The van der Waals surface area contributed by atoms with E-state index >= 15 is 0 Å². The van der Waals surface area contributed by atoms with Gasteiger partial charge in [-0.25, -0.2) is 4.98 Å². The summed E-state index contributed by atoms with van der Waals surface area (Å²) in [4.78, 5) is 4.26. The molecule has 3 nitrogen and oxygen atoms in total. The smallest absolute Gasteiger partial charge is 0.213 e. The van der Waals surface area contributed by atoms with Gasteiger partial charge >= 0.3 is 0 Å². The van der Waals surface area contributed by atoms with Gasteiger partial charge in [-0.2, -0.15) is 0 Å². The van der Waals surface area contributed by atoms with Crippen LogP contribution in [0.25, 0.3) is 0 Å². The van der Waals surface area contributed by atoms with Gasteiger partial charge in [-0.15, -0.1) is 0 Å². The maximum Gasteiger partial charge on any atom is 0.213 e. The summed E-state index contributed by atoms with van der Waals surface area (Å²) in [7, 11) is 1.94. The van der Waals surface area contributed by atoms with Crippen LogP contribution in [0.1, 0.15) is 51.5 Å². The average Bonchev–Trinajstić information content (AvgIpc) is 2.35. The van der Waals surface area contributed by atoms with Crippen molar-refractivity contribution in [2.45, 2.75) is 58.6 Å². The molecule has 1 aromatic rings. The predicted molar refractivity (Wildman–Crippen MR) is 75.8 cm³/mol. The van der Waals surface area contributed by atoms with Crippen molar-refractivity contribution in [1.82, 2.24) is 10.3 Å². The summed E-state index contributed by atoms with van der Waals surface area (Å²) >= 11 is 0. The van der Waals surface area contributed by atoms with Gasteiger partial charge in [0.05, 0.1) is 6.10 Å². The summed E-state index contributed by atoms with van der Waals surface area (Å²) in [6.07, 6.45) is 8.32. The van der Waals surface area contributed by atoms with E-state index in [1.165, 1.54) is 31.2 Å². The van der Waals surface area contributed by atoms with E-state index in [-0.39, 0.29) is 6.10 Å². The van der Waals surface area contributed by atoms with Crippen LogP contribution in [0.5, 0.6) is 5.88 Å². The van der Waals surface area contributed by atoms with Gasteiger partial charge in [0.2, 0.25) is 5.88 Å². The molecule has 0 amide bonds. The molecule has 0 aliphatic rings. The first kappa shape index (κ1) is 15.0. The number of hydrogen-bond donors (Lipinski definition) is 1. The number of pyridine rings is 1. The topological polar surface area (TPSA) is 34.1 Å². The Morgan fingerprint density at radius 2 is 2.17 bits per heavy atom. The molecule has 1 N–H and O–H groups in total. The Hall–Kier alpha value is -1.09. The standard InChI is InChI=1S/C15H26N2O/c1-4-5-6-7-8-13(2)18-15-11-14(12-16-3)9-10-17-15/h9-11,13,16H,4-8,12H2,1-3H3. The second kappa shape index (κ2) is 8.92. The van der Waals surface area contributed by atoms with Gasteiger partial charge in [-0.05, 0) is 38.4 Å². The molecule has 1 atom stereocenters. The van der Waals surface area contributed by atoms with Crippen LogP contribution in [-0.2, 0) is 6.54 Å². The van der Waals surface area contributed by atoms with Crippen LogP contribution in [0.15, 0.2) is 18.3 Å². The highest BCUT2D eigenvalue weighted by Crippen LogP contribution is 2.14. The lowest BCUT2D eigenvalue weighted by Gasteiger charge is -2.14. The molecule has 1 heterocycles. The Morgan fingerprint density at radius 3 is 2.89 bits per heavy atom. The van der Waals surface area contributed by atoms with Gasteiger partial charge in [0.25, 0.3) is 0 Å². The van der Waals surface area contributed by atoms with Gasteiger partial charge in [0, 0.05) is 18.8 Å². The van der Waals surface area contributed by atoms with Crippen molar-refractivity contribution in [3.8, 4) is 5.88 Å². The second-order valence-corrected chi connectivity index (χ2v) is 4.81. The molecular weight excluding hydrogens is 224 g/mol. The number of ether oxygens (including phenoxy) is 1. The molecule has 0 bridgehead atoms. The predicted octanol–water partition coefficient (Wildman–Crippen LogP) is 3.54. The summed E-state index contributed by atoms with van der Waals surface area (Å²) in [5.41, 5.74) is 1.21. The van der Waals surface area contributed by atoms with E-state index in [4.69, 9.17) is 4.74 Å². The van der Waals surface area contributed by atoms with Crippen molar-refractivity contribution < 1.29 is 4.74 Å². The maximum atomic E-state index is 5.84. The monoisotopic (exact) mass is 250 g/mol. The number of rotatable bonds is 9. The van der Waals surface area contributed by atoms with Gasteiger partial charge in [-0.3, -0.25) is 0 Å². The Balaban J connectivity index is 2.34. The normalized spacial score (nSPS) is 12.4. The number of aromatic nitrogens is 1. The number of hydrogen-bond acceptors (Lipinski definition) is 3. The summed E-state index contributed by atoms with van der Waals surface area (Å²) in [5.74, 6) is 0.741. The van der Waals surface area contributed by atoms with Crippen molar-refractivity contribution in [2.24, 2.45) is 0 Å². The van der Waals surface area contributed by atoms with Crippen LogP contribution in [0, 0.1) is 0 Å². The van der Waals surface area contributed by atoms with E-state index in [0.717, 1.165) is 18.8 Å². The highest BCUT2D eigenvalue weighted by Gasteiger charge is 2.05. The second-order valence-electron chi connectivity index (χ2n) is 4.81. The molecule has 1 rings (SSSR count). The molecule has 0 radical (unpaired) electrons. The zero-order chi connectivity index (χ0) is 13.2. The molecule has 3 heteroatoms. The first-order valence-corrected chi connectivity index (χ1v) is 7.02. The summed E-state index contributed by atoms with van der Waals surface area (Å²) in [6.45, 7) is 5.21. The number of nitrogens with zero attached hydrogens (tertiary/aromatic N) is 1. The minimum atomic E-state index is 0.249. The minimum Gasteiger partial charge on any atom is -0.475 e. The molecule has 0 spiro atoms. The zero-order valence-corrected chi connectivity index (χ0v) is 11.9. The fourth-order valence-corrected chi connectivity index (χ4v) is 1.95. The Kier molecular flexibility index (Phi) is 7.42. The Labute approximate surface area is 111 Å². The van der Waals surface area contributed by atoms with Gasteiger partial charge in [0.1, 0.15) is 0 Å². The summed E-state index contributed by atoms with van der Waals surface area (Å²) < 4.78 is 5.84. The zero-order valence-electron chi connectivity index (χ0n) is 11.9. The van der Waals surface area contributed by atoms with Crippen molar-refractivity contribution in [2.75, 3.05) is 7.05 Å². The molecule has 1 unspecified atom stereocenters. The number of unbranched alkanes of at least 4 members (excludes halogenated alkanes) is 3. The van der Waals surface area contributed by atoms with Crippen molar-refractivity contribution in [3.63, 3.8) is 0 Å². The molecule has 102 valence electrons. The highest BCUT2D eigenvalue weighted by molar-refractivity contribution is 5.20. The van der Waals surface area contributed by atoms with Crippen molar-refractivity contribution in [3.05, 3.63) is 23.9 Å². The Morgan fingerprint density at radius 1 is 1.33 bits per heavy atom. The largest absolute Gasteiger partial charge is 0.475 e. The third-order valence-electron chi connectivity index (χ3n) is 2.97. The molecule has 18 heavy (non-hydrogen) atoms. The van der Waals surface area contributed by atoms with Crippen LogP contribution in [0.3, 0.4) is 0 Å². The lowest BCUT2D eigenvalue weighted by atomic mass is 10.1. The first-order chi connectivity index (χ1) is 8.76. The molecule has 0 fully saturated rings. The van der Waals surface area contributed by atoms with E-state index in [2.05, 4.69) is 24.1 Å². The summed E-state index contributed by atoms with van der Waals surface area (Å²) in [6, 6.07) is 4.02. The van der Waals surface area contributed by atoms with Gasteiger partial charge < -0.3 is 10.1 Å². The minimum absolute atomic E-state index is 0.249. The quantitative estimate of drug-likeness (QED) is 0.681. The fourth-order valence-electron chi connectivity index (χ4n) is 1.95. The molecule has 1 aromatic heterocycles. The number of nitrogens with one attached hydrogen (secondary N) is 1. The van der Waals surface area contributed by atoms with Crippen molar-refractivity contribution in [1.29, 1.82) is 0 Å². The van der Waals surface area contributed by atoms with E-state index in [1.54, 1.807) is 0 Å². The van der Waals surface area contributed by atoms with Gasteiger partial charge in [0.15, 0.2) is 0 Å². The van der Waals surface area contributed by atoms with Crippen LogP contribution < -0.4 is 10.1 Å². The van der Waals surface area contributed by atoms with Crippen LogP contribution in [-0.4, -0.2) is 18.1 Å². The molecule has 0 saturated heterocycles. The van der Waals surface area contributed by atoms with E-state index in [0.29, 0.717) is 0 Å². The molecular formula is C15H26N2O. The summed E-state index contributed by atoms with van der Waals surface area (Å²) in [5, 5.41) is 3.13. The molecule has 0 aromatic carbocycles. The van der Waals surface area contributed by atoms with E-state index < -0.39 is 0 Å². The van der Waals surface area contributed by atoms with Crippen molar-refractivity contribution >= 4 is 0 Å². The molecule has 0 aliphatic heterocycles. The van der Waals surface area contributed by atoms with Gasteiger partial charge in [-0.1, -0.05) is 26.2 Å². The van der Waals surface area contributed by atoms with Crippen LogP contribution >= 0.6 is 0 Å². The Bertz CT molecular complexity index is 328. The lowest BCUT2D eigenvalue weighted by Crippen LogP contribution is -2.13. The van der Waals surface area contributed by atoms with E-state index in [1.807, 2.05) is 25.4 Å². The average molecular weight is 250 g/mol. The highest BCUT2D eigenvalue weighted by atomic mass is 16.5. The van der Waals surface area contributed by atoms with Crippen LogP contribution in [0.4, 0.5) is 0 Å². The SMILES string of the molecule is CCCCCCC(C)Oc1cc(CNC)ccn1. The van der Waals surface area contributed by atoms with Crippen LogP contribution in [0.2, 0.25) is 0 Å². The molecule has 0 saturated carbocycles. The lowest BCUT2D eigenvalue weighted by molar-refractivity contribution is 0.198. The van der Waals surface area contributed by atoms with E-state index in [9.17, 15) is 0 Å². The third kappa shape index (κ3) is 6.01. The molecule has 0 aliphatic carbocycles.